The summed E-state index contributed by atoms with van der Waals surface area (Å²) in [7, 11) is 3.95. The number of hydrogen-bond acceptors (Lipinski definition) is 5. The molecule has 2 heterocycles. The van der Waals surface area contributed by atoms with Crippen molar-refractivity contribution in [3.8, 4) is 5.75 Å². The van der Waals surface area contributed by atoms with Crippen LogP contribution in [0.25, 0.3) is 5.76 Å². The first-order chi connectivity index (χ1) is 14.4. The third kappa shape index (κ3) is 4.41. The zero-order chi connectivity index (χ0) is 21.7. The average molecular weight is 408 g/mol. The fourth-order valence-electron chi connectivity index (χ4n) is 3.32. The Morgan fingerprint density at radius 2 is 1.97 bits per heavy atom. The summed E-state index contributed by atoms with van der Waals surface area (Å²) in [6.45, 7) is 5.00. The van der Waals surface area contributed by atoms with Gasteiger partial charge in [-0.1, -0.05) is 18.7 Å². The minimum atomic E-state index is -0.734. The quantitative estimate of drug-likeness (QED) is 0.297. The van der Waals surface area contributed by atoms with Crippen molar-refractivity contribution in [2.75, 3.05) is 33.8 Å². The molecule has 1 fully saturated rings. The van der Waals surface area contributed by atoms with Crippen molar-refractivity contribution in [1.29, 1.82) is 0 Å². The van der Waals surface area contributed by atoms with Crippen LogP contribution in [-0.4, -0.2) is 60.5 Å². The molecule has 7 nitrogen and oxygen atoms in total. The maximum atomic E-state index is 12.9. The Labute approximate surface area is 175 Å². The summed E-state index contributed by atoms with van der Waals surface area (Å²) in [6.07, 6.45) is 3.25. The van der Waals surface area contributed by atoms with Crippen LogP contribution < -0.4 is 9.64 Å². The first kappa shape index (κ1) is 21.3. The van der Waals surface area contributed by atoms with Crippen molar-refractivity contribution in [2.45, 2.75) is 6.04 Å². The number of carbonyl (C=O) groups is 2. The highest BCUT2D eigenvalue weighted by Crippen LogP contribution is 2.38. The number of ether oxygens (including phenoxy) is 1. The van der Waals surface area contributed by atoms with E-state index in [0.29, 0.717) is 36.7 Å². The standard InChI is InChI=1S/C23H25N3O4/c1-4-15-30-17-10-8-16(9-11-17)21(27)19-20(18-7-5-6-12-24-18)26(14-13-25(2)3)23(29)22(19)28/h4-12,20,27H,1,13-15H2,2-3H3/p+1/t20-/m0/s1. The lowest BCUT2D eigenvalue weighted by atomic mass is 9.98. The van der Waals surface area contributed by atoms with Crippen LogP contribution in [0.4, 0.5) is 0 Å². The Kier molecular flexibility index (Phi) is 6.64. The van der Waals surface area contributed by atoms with Crippen LogP contribution in [0.15, 0.2) is 66.9 Å². The number of nitrogens with zero attached hydrogens (tertiary/aromatic N) is 2. The molecule has 1 aromatic heterocycles. The summed E-state index contributed by atoms with van der Waals surface area (Å²) < 4.78 is 5.46. The van der Waals surface area contributed by atoms with E-state index in [9.17, 15) is 14.7 Å². The Hall–Kier alpha value is -3.45. The van der Waals surface area contributed by atoms with Crippen LogP contribution in [0.3, 0.4) is 0 Å². The summed E-state index contributed by atoms with van der Waals surface area (Å²) in [5.41, 5.74) is 1.02. The first-order valence-corrected chi connectivity index (χ1v) is 9.76. The van der Waals surface area contributed by atoms with Crippen molar-refractivity contribution >= 4 is 17.4 Å². The summed E-state index contributed by atoms with van der Waals surface area (Å²) >= 11 is 0. The number of aliphatic hydroxyl groups is 1. The number of likely N-dealkylation sites (tertiary alicyclic amines) is 1. The molecule has 0 aliphatic carbocycles. The predicted octanol–water partition coefficient (Wildman–Crippen LogP) is 1.21. The number of likely N-dealkylation sites (N-methyl/N-ethyl adjacent to an activating group) is 1. The van der Waals surface area contributed by atoms with Crippen molar-refractivity contribution in [3.63, 3.8) is 0 Å². The van der Waals surface area contributed by atoms with Gasteiger partial charge in [-0.3, -0.25) is 14.6 Å². The number of aliphatic hydroxyl groups excluding tert-OH is 1. The molecule has 0 radical (unpaired) electrons. The summed E-state index contributed by atoms with van der Waals surface area (Å²) in [6, 6.07) is 11.3. The van der Waals surface area contributed by atoms with E-state index in [-0.39, 0.29) is 11.3 Å². The van der Waals surface area contributed by atoms with Gasteiger partial charge in [0.1, 0.15) is 24.2 Å². The van der Waals surface area contributed by atoms with Crippen LogP contribution >= 0.6 is 0 Å². The van der Waals surface area contributed by atoms with Gasteiger partial charge >= 0.3 is 0 Å². The SMILES string of the molecule is C=CCOc1ccc(C(O)=C2C(=O)C(=O)N(CC[NH+](C)C)[C@H]2c2ccccn2)cc1. The molecule has 30 heavy (non-hydrogen) atoms. The molecule has 1 aromatic carbocycles. The molecule has 0 unspecified atom stereocenters. The van der Waals surface area contributed by atoms with E-state index >= 15 is 0 Å². The molecular weight excluding hydrogens is 382 g/mol. The molecule has 2 N–H and O–H groups in total. The highest BCUT2D eigenvalue weighted by molar-refractivity contribution is 6.46. The maximum absolute atomic E-state index is 12.9. The summed E-state index contributed by atoms with van der Waals surface area (Å²) in [5, 5.41) is 11.0. The van der Waals surface area contributed by atoms with Crippen LogP contribution in [-0.2, 0) is 9.59 Å². The average Bonchev–Trinajstić information content (AvgIpc) is 3.01. The molecule has 2 aromatic rings. The fourth-order valence-corrected chi connectivity index (χ4v) is 3.32. The van der Waals surface area contributed by atoms with Crippen LogP contribution in [0.2, 0.25) is 0 Å². The van der Waals surface area contributed by atoms with Crippen LogP contribution in [0.5, 0.6) is 5.75 Å². The Morgan fingerprint density at radius 3 is 2.57 bits per heavy atom. The van der Waals surface area contributed by atoms with E-state index in [0.717, 1.165) is 4.90 Å². The summed E-state index contributed by atoms with van der Waals surface area (Å²) in [5.74, 6) is -0.940. The minimum Gasteiger partial charge on any atom is -0.507 e. The molecular formula is C23H26N3O4+. The Morgan fingerprint density at radius 1 is 1.23 bits per heavy atom. The molecule has 7 heteroatoms. The largest absolute Gasteiger partial charge is 0.507 e. The lowest BCUT2D eigenvalue weighted by molar-refractivity contribution is -0.857. The number of amides is 1. The fraction of sp³-hybridized carbons (Fsp3) is 0.261. The van der Waals surface area contributed by atoms with Gasteiger partial charge in [0.2, 0.25) is 0 Å². The van der Waals surface area contributed by atoms with Crippen molar-refractivity contribution in [3.05, 3.63) is 78.1 Å². The van der Waals surface area contributed by atoms with Gasteiger partial charge in [-0.25, -0.2) is 0 Å². The van der Waals surface area contributed by atoms with Gasteiger partial charge < -0.3 is 19.6 Å². The van der Waals surface area contributed by atoms with Crippen LogP contribution in [0.1, 0.15) is 17.3 Å². The van der Waals surface area contributed by atoms with Gasteiger partial charge in [-0.05, 0) is 36.4 Å². The zero-order valence-electron chi connectivity index (χ0n) is 17.2. The minimum absolute atomic E-state index is 0.0483. The van der Waals surface area contributed by atoms with E-state index in [1.807, 2.05) is 14.1 Å². The number of pyridine rings is 1. The molecule has 0 saturated carbocycles. The number of carbonyl (C=O) groups excluding carboxylic acids is 2. The van der Waals surface area contributed by atoms with Gasteiger partial charge in [0.05, 0.1) is 38.5 Å². The van der Waals surface area contributed by atoms with Crippen molar-refractivity contribution < 1.29 is 24.3 Å². The normalized spacial score (nSPS) is 18.1. The van der Waals surface area contributed by atoms with Gasteiger partial charge in [0, 0.05) is 11.8 Å². The van der Waals surface area contributed by atoms with Crippen molar-refractivity contribution in [2.24, 2.45) is 0 Å². The third-order valence-corrected chi connectivity index (χ3v) is 4.86. The number of ketones is 1. The van der Waals surface area contributed by atoms with Gasteiger partial charge in [-0.2, -0.15) is 0 Å². The molecule has 1 aliphatic rings. The van der Waals surface area contributed by atoms with Gasteiger partial charge in [0.15, 0.2) is 0 Å². The number of hydrogen-bond donors (Lipinski definition) is 2. The second-order valence-electron chi connectivity index (χ2n) is 7.33. The highest BCUT2D eigenvalue weighted by Gasteiger charge is 2.46. The monoisotopic (exact) mass is 408 g/mol. The molecule has 0 bridgehead atoms. The molecule has 1 aliphatic heterocycles. The zero-order valence-corrected chi connectivity index (χ0v) is 17.2. The predicted molar refractivity (Wildman–Crippen MR) is 113 cm³/mol. The topological polar surface area (TPSA) is 84.2 Å². The molecule has 1 amide bonds. The number of Topliss-reactive ketones (excluding diaryl/α,β-unsaturated/α-hetero) is 1. The lowest BCUT2D eigenvalue weighted by Crippen LogP contribution is -3.06. The Balaban J connectivity index is 2.03. The maximum Gasteiger partial charge on any atom is 0.295 e. The molecule has 0 spiro atoms. The second-order valence-corrected chi connectivity index (χ2v) is 7.33. The van der Waals surface area contributed by atoms with E-state index < -0.39 is 17.7 Å². The first-order valence-electron chi connectivity index (χ1n) is 9.76. The van der Waals surface area contributed by atoms with E-state index in [1.54, 1.807) is 54.7 Å². The van der Waals surface area contributed by atoms with Crippen LogP contribution in [0, 0.1) is 0 Å². The number of nitrogens with one attached hydrogen (secondary N) is 1. The van der Waals surface area contributed by atoms with E-state index in [4.69, 9.17) is 4.74 Å². The third-order valence-electron chi connectivity index (χ3n) is 4.86. The summed E-state index contributed by atoms with van der Waals surface area (Å²) in [4.78, 5) is 32.7. The van der Waals surface area contributed by atoms with Gasteiger partial charge in [0.25, 0.3) is 11.7 Å². The Bertz CT molecular complexity index is 952. The lowest BCUT2D eigenvalue weighted by Gasteiger charge is -2.24. The van der Waals surface area contributed by atoms with Gasteiger partial charge in [-0.15, -0.1) is 0 Å². The van der Waals surface area contributed by atoms with E-state index in [1.165, 1.54) is 4.90 Å². The smallest absolute Gasteiger partial charge is 0.295 e. The highest BCUT2D eigenvalue weighted by atomic mass is 16.5. The second kappa shape index (κ2) is 9.37. The number of benzene rings is 1. The molecule has 1 atom stereocenters. The number of quaternary nitrogens is 1. The van der Waals surface area contributed by atoms with E-state index in [2.05, 4.69) is 11.6 Å². The molecule has 1 saturated heterocycles. The number of aromatic nitrogens is 1. The number of rotatable bonds is 8. The molecule has 156 valence electrons. The van der Waals surface area contributed by atoms with Crippen molar-refractivity contribution in [1.82, 2.24) is 9.88 Å². The molecule has 3 rings (SSSR count).